The van der Waals surface area contributed by atoms with Crippen LogP contribution in [-0.4, -0.2) is 38.0 Å². The van der Waals surface area contributed by atoms with Crippen LogP contribution in [0.4, 0.5) is 0 Å². The zero-order valence-corrected chi connectivity index (χ0v) is 16.1. The monoisotopic (exact) mass is 382 g/mol. The highest BCUT2D eigenvalue weighted by Crippen LogP contribution is 2.23. The normalized spacial score (nSPS) is 14.0. The highest BCUT2D eigenvalue weighted by Gasteiger charge is 2.14. The Balaban J connectivity index is 1.60. The molecule has 0 atom stereocenters. The van der Waals surface area contributed by atoms with Crippen molar-refractivity contribution < 1.29 is 24.1 Å². The average molecular weight is 382 g/mol. The van der Waals surface area contributed by atoms with Gasteiger partial charge in [-0.1, -0.05) is 29.8 Å². The molecule has 1 aliphatic rings. The van der Waals surface area contributed by atoms with Gasteiger partial charge in [-0.25, -0.2) is 0 Å². The number of carboxylic acids is 1. The Hall–Kier alpha value is -2.79. The molecule has 0 unspecified atom stereocenters. The van der Waals surface area contributed by atoms with Gasteiger partial charge in [-0.2, -0.15) is 0 Å². The molecule has 2 aromatic carbocycles. The lowest BCUT2D eigenvalue weighted by Gasteiger charge is -2.21. The van der Waals surface area contributed by atoms with Crippen molar-refractivity contribution >= 4 is 5.97 Å². The Bertz CT molecular complexity index is 806. The predicted octanol–water partition coefficient (Wildman–Crippen LogP) is 4.05. The molecule has 0 fully saturated rings. The number of rotatable bonds is 9. The molecule has 0 radical (unpaired) electrons. The van der Waals surface area contributed by atoms with Crippen molar-refractivity contribution in [3.63, 3.8) is 0 Å². The Kier molecular flexibility index (Phi) is 7.09. The second kappa shape index (κ2) is 9.95. The Labute approximate surface area is 165 Å². The zero-order valence-electron chi connectivity index (χ0n) is 16.1. The maximum absolute atomic E-state index is 10.7. The zero-order chi connectivity index (χ0) is 19.8. The standard InChI is InChI=1S/C23H26O5/c1-26-21-7-4-18(5-8-21)14-19-12-13-27-15-20(19)16-28-22-9-2-17(3-10-22)6-11-23(24)25/h2-5,7-10H,6,11-16H2,1H3,(H,24,25). The highest BCUT2D eigenvalue weighted by molar-refractivity contribution is 5.67. The molecule has 5 heteroatoms. The van der Waals surface area contributed by atoms with E-state index in [9.17, 15) is 4.79 Å². The molecule has 5 nitrogen and oxygen atoms in total. The number of hydrogen-bond acceptors (Lipinski definition) is 4. The summed E-state index contributed by atoms with van der Waals surface area (Å²) in [6.45, 7) is 1.84. The topological polar surface area (TPSA) is 65.0 Å². The molecule has 0 aromatic heterocycles. The molecule has 0 spiro atoms. The number of aliphatic carboxylic acids is 1. The second-order valence-corrected chi connectivity index (χ2v) is 6.86. The van der Waals surface area contributed by atoms with Gasteiger partial charge in [0.05, 0.1) is 20.3 Å². The first kappa shape index (κ1) is 20.0. The lowest BCUT2D eigenvalue weighted by molar-refractivity contribution is -0.136. The van der Waals surface area contributed by atoms with Crippen molar-refractivity contribution in [2.45, 2.75) is 25.7 Å². The summed E-state index contributed by atoms with van der Waals surface area (Å²) < 4.78 is 16.8. The molecule has 1 N–H and O–H groups in total. The van der Waals surface area contributed by atoms with Gasteiger partial charge in [-0.3, -0.25) is 4.79 Å². The van der Waals surface area contributed by atoms with Crippen LogP contribution in [-0.2, 0) is 22.4 Å². The summed E-state index contributed by atoms with van der Waals surface area (Å²) in [7, 11) is 1.67. The second-order valence-electron chi connectivity index (χ2n) is 6.86. The van der Waals surface area contributed by atoms with Crippen LogP contribution in [0.3, 0.4) is 0 Å². The number of ether oxygens (including phenoxy) is 3. The minimum atomic E-state index is -0.783. The lowest BCUT2D eigenvalue weighted by Crippen LogP contribution is -2.18. The van der Waals surface area contributed by atoms with Gasteiger partial charge in [-0.05, 0) is 60.2 Å². The van der Waals surface area contributed by atoms with E-state index >= 15 is 0 Å². The van der Waals surface area contributed by atoms with E-state index in [1.165, 1.54) is 16.7 Å². The third-order valence-corrected chi connectivity index (χ3v) is 4.86. The van der Waals surface area contributed by atoms with Crippen molar-refractivity contribution in [3.05, 3.63) is 70.8 Å². The first-order valence-electron chi connectivity index (χ1n) is 9.48. The van der Waals surface area contributed by atoms with E-state index in [1.807, 2.05) is 36.4 Å². The Morgan fingerprint density at radius 2 is 1.68 bits per heavy atom. The fourth-order valence-electron chi connectivity index (χ4n) is 3.19. The number of carboxylic acid groups (broad SMARTS) is 1. The molecule has 148 valence electrons. The largest absolute Gasteiger partial charge is 0.497 e. The Morgan fingerprint density at radius 1 is 1.00 bits per heavy atom. The van der Waals surface area contributed by atoms with Crippen molar-refractivity contribution in [1.29, 1.82) is 0 Å². The fourth-order valence-corrected chi connectivity index (χ4v) is 3.19. The highest BCUT2D eigenvalue weighted by atomic mass is 16.5. The van der Waals surface area contributed by atoms with E-state index in [2.05, 4.69) is 12.1 Å². The molecular weight excluding hydrogens is 356 g/mol. The summed E-state index contributed by atoms with van der Waals surface area (Å²) >= 11 is 0. The van der Waals surface area contributed by atoms with E-state index < -0.39 is 5.97 Å². The van der Waals surface area contributed by atoms with E-state index in [0.717, 1.165) is 36.5 Å². The smallest absolute Gasteiger partial charge is 0.303 e. The molecule has 0 amide bonds. The molecule has 0 bridgehead atoms. The molecule has 0 saturated heterocycles. The predicted molar refractivity (Wildman–Crippen MR) is 107 cm³/mol. The number of aryl methyl sites for hydroxylation is 1. The molecule has 3 rings (SSSR count). The van der Waals surface area contributed by atoms with Crippen LogP contribution in [0, 0.1) is 0 Å². The van der Waals surface area contributed by atoms with E-state index in [-0.39, 0.29) is 6.42 Å². The molecular formula is C23H26O5. The summed E-state index contributed by atoms with van der Waals surface area (Å²) in [4.78, 5) is 10.7. The van der Waals surface area contributed by atoms with Crippen LogP contribution in [0.5, 0.6) is 11.5 Å². The number of methoxy groups -OCH3 is 1. The van der Waals surface area contributed by atoms with E-state index in [0.29, 0.717) is 19.6 Å². The summed E-state index contributed by atoms with van der Waals surface area (Å²) in [6, 6.07) is 15.8. The molecule has 1 heterocycles. The van der Waals surface area contributed by atoms with Crippen molar-refractivity contribution in [2.24, 2.45) is 0 Å². The lowest BCUT2D eigenvalue weighted by atomic mass is 9.96. The summed E-state index contributed by atoms with van der Waals surface area (Å²) in [6.07, 6.45) is 2.47. The number of benzene rings is 2. The van der Waals surface area contributed by atoms with Gasteiger partial charge in [0, 0.05) is 6.42 Å². The van der Waals surface area contributed by atoms with Crippen LogP contribution in [0.15, 0.2) is 59.7 Å². The molecule has 0 saturated carbocycles. The van der Waals surface area contributed by atoms with Gasteiger partial charge >= 0.3 is 5.97 Å². The molecule has 28 heavy (non-hydrogen) atoms. The van der Waals surface area contributed by atoms with Gasteiger partial charge in [0.1, 0.15) is 18.1 Å². The van der Waals surface area contributed by atoms with Crippen molar-refractivity contribution in [1.82, 2.24) is 0 Å². The number of carbonyl (C=O) groups is 1. The third kappa shape index (κ3) is 5.86. The first-order valence-corrected chi connectivity index (χ1v) is 9.48. The van der Waals surface area contributed by atoms with Crippen LogP contribution in [0.2, 0.25) is 0 Å². The van der Waals surface area contributed by atoms with Gasteiger partial charge < -0.3 is 19.3 Å². The van der Waals surface area contributed by atoms with Crippen molar-refractivity contribution in [2.75, 3.05) is 26.9 Å². The minimum absolute atomic E-state index is 0.138. The summed E-state index contributed by atoms with van der Waals surface area (Å²) in [5.41, 5.74) is 4.81. The fraction of sp³-hybridized carbons (Fsp3) is 0.348. The molecule has 1 aliphatic heterocycles. The average Bonchev–Trinajstić information content (AvgIpc) is 2.73. The van der Waals surface area contributed by atoms with Gasteiger partial charge in [0.2, 0.25) is 0 Å². The Morgan fingerprint density at radius 3 is 2.36 bits per heavy atom. The maximum atomic E-state index is 10.7. The van der Waals surface area contributed by atoms with E-state index in [4.69, 9.17) is 19.3 Å². The maximum Gasteiger partial charge on any atom is 0.303 e. The van der Waals surface area contributed by atoms with Gasteiger partial charge in [0.25, 0.3) is 0 Å². The summed E-state index contributed by atoms with van der Waals surface area (Å²) in [5.74, 6) is 0.856. The van der Waals surface area contributed by atoms with Crippen LogP contribution < -0.4 is 9.47 Å². The minimum Gasteiger partial charge on any atom is -0.497 e. The first-order chi connectivity index (χ1) is 13.6. The van der Waals surface area contributed by atoms with Crippen LogP contribution in [0.25, 0.3) is 0 Å². The van der Waals surface area contributed by atoms with Crippen LogP contribution >= 0.6 is 0 Å². The molecule has 2 aromatic rings. The van der Waals surface area contributed by atoms with Gasteiger partial charge in [0.15, 0.2) is 0 Å². The summed E-state index contributed by atoms with van der Waals surface area (Å²) in [5, 5.41) is 8.77. The SMILES string of the molecule is COc1ccc(CC2=C(COc3ccc(CCC(=O)O)cc3)COCC2)cc1. The number of hydrogen-bond donors (Lipinski definition) is 1. The van der Waals surface area contributed by atoms with E-state index in [1.54, 1.807) is 7.11 Å². The van der Waals surface area contributed by atoms with Gasteiger partial charge in [-0.15, -0.1) is 0 Å². The van der Waals surface area contributed by atoms with Crippen molar-refractivity contribution in [3.8, 4) is 11.5 Å². The third-order valence-electron chi connectivity index (χ3n) is 4.86. The van der Waals surface area contributed by atoms with Crippen LogP contribution in [0.1, 0.15) is 24.0 Å². The quantitative estimate of drug-likeness (QED) is 0.663. The molecule has 0 aliphatic carbocycles.